The van der Waals surface area contributed by atoms with Gasteiger partial charge in [-0.1, -0.05) is 132 Å². The fraction of sp³-hybridized carbons (Fsp3) is 0.400. The fourth-order valence-corrected chi connectivity index (χ4v) is 6.47. The summed E-state index contributed by atoms with van der Waals surface area (Å²) >= 11 is 0. The molecule has 15 heteroatoms. The molecule has 0 radical (unpaired) electrons. The van der Waals surface area contributed by atoms with Crippen LogP contribution in [0.5, 0.6) is 0 Å². The zero-order valence-corrected chi connectivity index (χ0v) is 30.0. The van der Waals surface area contributed by atoms with E-state index in [-0.39, 0.29) is 39.5 Å². The van der Waals surface area contributed by atoms with E-state index in [0.29, 0.717) is 0 Å². The molecule has 0 aromatic heterocycles. The van der Waals surface area contributed by atoms with Crippen LogP contribution in [-0.2, 0) is 59.6 Å². The Morgan fingerprint density at radius 2 is 0.764 bits per heavy atom. The van der Waals surface area contributed by atoms with Gasteiger partial charge in [-0.2, -0.15) is 0 Å². The number of hydrogen-bond acceptors (Lipinski definition) is 11. The second kappa shape index (κ2) is 20.7. The van der Waals surface area contributed by atoms with Crippen molar-refractivity contribution < 1.29 is 43.4 Å². The molecule has 0 unspecified atom stereocenters. The Labute approximate surface area is 318 Å². The lowest BCUT2D eigenvalue weighted by atomic mass is 9.96. The highest BCUT2D eigenvalue weighted by molar-refractivity contribution is 5.16. The maximum atomic E-state index is 11.7. The first kappa shape index (κ1) is 39.8. The molecule has 288 valence electrons. The molecule has 0 spiro atoms. The van der Waals surface area contributed by atoms with Gasteiger partial charge in [0.25, 0.3) is 0 Å². The molecule has 4 aromatic carbocycles. The lowest BCUT2D eigenvalue weighted by Crippen LogP contribution is -2.65. The van der Waals surface area contributed by atoms with Gasteiger partial charge in [0.1, 0.15) is 36.6 Å². The summed E-state index contributed by atoms with van der Waals surface area (Å²) in [5.74, 6) is 0. The molecule has 55 heavy (non-hydrogen) atoms. The Kier molecular flexibility index (Phi) is 15.0. The van der Waals surface area contributed by atoms with E-state index in [0.717, 1.165) is 22.3 Å². The van der Waals surface area contributed by atoms with E-state index in [1.54, 1.807) is 0 Å². The summed E-state index contributed by atoms with van der Waals surface area (Å²) in [5, 5.41) is 30.7. The van der Waals surface area contributed by atoms with Crippen LogP contribution in [0.2, 0.25) is 0 Å². The summed E-state index contributed by atoms with van der Waals surface area (Å²) in [6.45, 7) is -0.0356. The number of benzene rings is 4. The van der Waals surface area contributed by atoms with Crippen molar-refractivity contribution >= 4 is 0 Å². The zero-order chi connectivity index (χ0) is 38.2. The number of ether oxygens (including phenoxy) is 7. The van der Waals surface area contributed by atoms with Crippen molar-refractivity contribution in [3.8, 4) is 0 Å². The molecule has 2 heterocycles. The molecule has 10 atom stereocenters. The van der Waals surface area contributed by atoms with Crippen molar-refractivity contribution in [3.05, 3.63) is 164 Å². The SMILES string of the molecule is [N-]=[N+]=NC[C@H]1O[C@H](O[C@H]2O[C@H](CN=[N+]=[N-])[C@@H](O)[C@H](OCc3ccccc3)[C@H]2OCc2ccccc2)[C@H](OCc2ccccc2)[C@@H](OCc2ccccc2)[C@@H]1O. The van der Waals surface area contributed by atoms with E-state index in [9.17, 15) is 21.3 Å². The largest absolute Gasteiger partial charge is 0.388 e. The van der Waals surface area contributed by atoms with E-state index in [4.69, 9.17) is 33.2 Å². The van der Waals surface area contributed by atoms with Crippen LogP contribution >= 0.6 is 0 Å². The number of aliphatic hydroxyl groups excluding tert-OH is 2. The quantitative estimate of drug-likeness (QED) is 0.0680. The molecule has 0 bridgehead atoms. The Hall–Kier alpha value is -4.86. The van der Waals surface area contributed by atoms with Crippen molar-refractivity contribution in [2.24, 2.45) is 10.2 Å². The third-order valence-electron chi connectivity index (χ3n) is 9.30. The normalized spacial score (nSPS) is 27.7. The number of nitrogens with zero attached hydrogens (tertiary/aromatic N) is 6. The van der Waals surface area contributed by atoms with Crippen LogP contribution in [-0.4, -0.2) is 84.7 Å². The highest BCUT2D eigenvalue weighted by Crippen LogP contribution is 2.34. The summed E-state index contributed by atoms with van der Waals surface area (Å²) < 4.78 is 45.1. The molecule has 2 aliphatic rings. The molecule has 2 fully saturated rings. The Bertz CT molecular complexity index is 1690. The van der Waals surface area contributed by atoms with Gasteiger partial charge >= 0.3 is 0 Å². The molecule has 2 saturated heterocycles. The number of aliphatic hydroxyl groups is 2. The van der Waals surface area contributed by atoms with Crippen molar-refractivity contribution in [2.45, 2.75) is 87.8 Å². The molecule has 4 aromatic rings. The third-order valence-corrected chi connectivity index (χ3v) is 9.30. The highest BCUT2D eigenvalue weighted by Gasteiger charge is 2.52. The van der Waals surface area contributed by atoms with Crippen molar-refractivity contribution in [3.63, 3.8) is 0 Å². The average Bonchev–Trinajstić information content (AvgIpc) is 3.23. The van der Waals surface area contributed by atoms with Crippen LogP contribution in [0.1, 0.15) is 22.3 Å². The third kappa shape index (κ3) is 11.1. The highest BCUT2D eigenvalue weighted by atomic mass is 16.8. The summed E-state index contributed by atoms with van der Waals surface area (Å²) in [5.41, 5.74) is 21.8. The molecule has 0 amide bonds. The maximum absolute atomic E-state index is 11.7. The second-order valence-electron chi connectivity index (χ2n) is 13.1. The summed E-state index contributed by atoms with van der Waals surface area (Å²) in [4.78, 5) is 5.76. The van der Waals surface area contributed by atoms with Crippen LogP contribution in [0.15, 0.2) is 132 Å². The van der Waals surface area contributed by atoms with Crippen LogP contribution in [0.3, 0.4) is 0 Å². The van der Waals surface area contributed by atoms with E-state index in [1.165, 1.54) is 0 Å². The van der Waals surface area contributed by atoms with Crippen molar-refractivity contribution in [1.82, 2.24) is 0 Å². The Morgan fingerprint density at radius 1 is 0.473 bits per heavy atom. The first-order chi connectivity index (χ1) is 27.0. The standard InChI is InChI=1S/C40H44N6O9/c41-45-43-21-31-33(47)35(49-23-27-13-5-1-6-14-27)37(51-25-29-17-9-3-10-18-29)39(53-31)55-40-38(52-26-30-19-11-4-12-20-30)36(34(48)32(54-40)22-44-46-42)50-24-28-15-7-2-8-16-28/h1-20,31-40,47-48H,21-26H2/t31-,32-,33-,34-,35+,36+,37-,38-,39-,40-/m1/s1. The minimum atomic E-state index is -1.30. The zero-order valence-electron chi connectivity index (χ0n) is 30.0. The van der Waals surface area contributed by atoms with Gasteiger partial charge in [0.15, 0.2) is 12.6 Å². The Morgan fingerprint density at radius 3 is 1.05 bits per heavy atom. The van der Waals surface area contributed by atoms with Crippen molar-refractivity contribution in [1.29, 1.82) is 0 Å². The van der Waals surface area contributed by atoms with Crippen LogP contribution < -0.4 is 0 Å². The van der Waals surface area contributed by atoms with Gasteiger partial charge in [0, 0.05) is 9.82 Å². The summed E-state index contributed by atoms with van der Waals surface area (Å²) in [6, 6.07) is 37.8. The average molecular weight is 753 g/mol. The van der Waals surface area contributed by atoms with Gasteiger partial charge in [0.2, 0.25) is 0 Å². The van der Waals surface area contributed by atoms with Crippen molar-refractivity contribution in [2.75, 3.05) is 13.1 Å². The molecule has 0 aliphatic carbocycles. The molecule has 2 aliphatic heterocycles. The molecular weight excluding hydrogens is 708 g/mol. The smallest absolute Gasteiger partial charge is 0.190 e. The van der Waals surface area contributed by atoms with Crippen LogP contribution in [0.4, 0.5) is 0 Å². The molecule has 0 saturated carbocycles. The molecular formula is C40H44N6O9. The van der Waals surface area contributed by atoms with Gasteiger partial charge < -0.3 is 43.4 Å². The van der Waals surface area contributed by atoms with Crippen LogP contribution in [0, 0.1) is 0 Å². The lowest BCUT2D eigenvalue weighted by molar-refractivity contribution is -0.385. The van der Waals surface area contributed by atoms with E-state index >= 15 is 0 Å². The minimum Gasteiger partial charge on any atom is -0.388 e. The summed E-state index contributed by atoms with van der Waals surface area (Å²) in [6.07, 6.45) is -11.5. The first-order valence-corrected chi connectivity index (χ1v) is 18.0. The monoisotopic (exact) mass is 752 g/mol. The molecule has 15 nitrogen and oxygen atoms in total. The minimum absolute atomic E-state index is 0.105. The van der Waals surface area contributed by atoms with Crippen LogP contribution in [0.25, 0.3) is 20.9 Å². The van der Waals surface area contributed by atoms with E-state index in [1.807, 2.05) is 121 Å². The van der Waals surface area contributed by atoms with E-state index in [2.05, 4.69) is 20.1 Å². The van der Waals surface area contributed by atoms with Gasteiger partial charge in [-0.3, -0.25) is 0 Å². The predicted octanol–water partition coefficient (Wildman–Crippen LogP) is 6.14. The van der Waals surface area contributed by atoms with E-state index < -0.39 is 61.4 Å². The number of azide groups is 2. The Balaban J connectivity index is 1.34. The van der Waals surface area contributed by atoms with Gasteiger partial charge in [-0.15, -0.1) is 0 Å². The predicted molar refractivity (Wildman–Crippen MR) is 199 cm³/mol. The number of hydrogen-bond donors (Lipinski definition) is 2. The summed E-state index contributed by atoms with van der Waals surface area (Å²) in [7, 11) is 0. The van der Waals surface area contributed by atoms with Gasteiger partial charge in [0.05, 0.1) is 51.7 Å². The molecule has 2 N–H and O–H groups in total. The maximum Gasteiger partial charge on any atom is 0.190 e. The fourth-order valence-electron chi connectivity index (χ4n) is 6.47. The second-order valence-corrected chi connectivity index (χ2v) is 13.1. The molecule has 6 rings (SSSR count). The number of rotatable bonds is 18. The van der Waals surface area contributed by atoms with Gasteiger partial charge in [-0.05, 0) is 33.3 Å². The topological polar surface area (TPSA) is 203 Å². The first-order valence-electron chi connectivity index (χ1n) is 18.0. The van der Waals surface area contributed by atoms with Gasteiger partial charge in [-0.25, -0.2) is 0 Å². The lowest BCUT2D eigenvalue weighted by Gasteiger charge is -2.48.